The summed E-state index contributed by atoms with van der Waals surface area (Å²) in [4.78, 5) is 30.3. The van der Waals surface area contributed by atoms with Gasteiger partial charge in [-0.25, -0.2) is 9.78 Å². The van der Waals surface area contributed by atoms with Crippen LogP contribution >= 0.6 is 0 Å². The quantitative estimate of drug-likeness (QED) is 0.480. The van der Waals surface area contributed by atoms with E-state index in [4.69, 9.17) is 9.47 Å². The standard InChI is InChI=1S/C23H34N4O5/c1-5-14(2)22(29)26-19-18-11-16(25-15(3)8-9-28)12-24-21(18)27(20(19)23(30)31-4)13-17-7-6-10-32-17/h11-12,14-15,17,25,28H,5-10,13H2,1-4H3,(H,26,29)/t14-,15+,17+/m1/s1. The van der Waals surface area contributed by atoms with Gasteiger partial charge in [0.2, 0.25) is 5.91 Å². The van der Waals surface area contributed by atoms with Gasteiger partial charge in [-0.3, -0.25) is 4.79 Å². The van der Waals surface area contributed by atoms with Crippen LogP contribution in [0.15, 0.2) is 12.3 Å². The van der Waals surface area contributed by atoms with E-state index in [9.17, 15) is 14.7 Å². The van der Waals surface area contributed by atoms with E-state index >= 15 is 0 Å². The lowest BCUT2D eigenvalue weighted by Gasteiger charge is -2.15. The predicted octanol–water partition coefficient (Wildman–Crippen LogP) is 3.17. The molecule has 9 nitrogen and oxygen atoms in total. The van der Waals surface area contributed by atoms with Gasteiger partial charge in [0.25, 0.3) is 0 Å². The first-order valence-corrected chi connectivity index (χ1v) is 11.3. The lowest BCUT2D eigenvalue weighted by atomic mass is 10.1. The van der Waals surface area contributed by atoms with Crippen LogP contribution in [0.4, 0.5) is 11.4 Å². The van der Waals surface area contributed by atoms with Crippen LogP contribution in [-0.2, 0) is 20.8 Å². The van der Waals surface area contributed by atoms with E-state index in [2.05, 4.69) is 15.6 Å². The number of pyridine rings is 1. The summed E-state index contributed by atoms with van der Waals surface area (Å²) in [6.45, 7) is 6.97. The number of carbonyl (C=O) groups is 2. The van der Waals surface area contributed by atoms with Crippen molar-refractivity contribution in [3.05, 3.63) is 18.0 Å². The number of aliphatic hydroxyl groups excluding tert-OH is 1. The van der Waals surface area contributed by atoms with Crippen molar-refractivity contribution >= 4 is 34.3 Å². The first kappa shape index (κ1) is 24.0. The maximum Gasteiger partial charge on any atom is 0.356 e. The summed E-state index contributed by atoms with van der Waals surface area (Å²) >= 11 is 0. The molecule has 0 bridgehead atoms. The molecule has 2 aromatic rings. The Morgan fingerprint density at radius 1 is 1.41 bits per heavy atom. The van der Waals surface area contributed by atoms with Crippen LogP contribution in [0.3, 0.4) is 0 Å². The number of hydrogen-bond donors (Lipinski definition) is 3. The Bertz CT molecular complexity index is 952. The second-order valence-corrected chi connectivity index (χ2v) is 8.41. The second kappa shape index (κ2) is 10.8. The highest BCUT2D eigenvalue weighted by Gasteiger charge is 2.29. The van der Waals surface area contributed by atoms with Crippen LogP contribution < -0.4 is 10.6 Å². The summed E-state index contributed by atoms with van der Waals surface area (Å²) in [7, 11) is 1.33. The third-order valence-corrected chi connectivity index (χ3v) is 5.97. The molecule has 0 spiro atoms. The number of ether oxygens (including phenoxy) is 2. The smallest absolute Gasteiger partial charge is 0.356 e. The maximum atomic E-state index is 12.9. The van der Waals surface area contributed by atoms with Crippen molar-refractivity contribution in [2.45, 2.75) is 65.1 Å². The minimum atomic E-state index is -0.538. The van der Waals surface area contributed by atoms with Crippen LogP contribution in [0, 0.1) is 5.92 Å². The summed E-state index contributed by atoms with van der Waals surface area (Å²) in [5.74, 6) is -0.916. The molecule has 1 aliphatic heterocycles. The Kier molecular flexibility index (Phi) is 8.09. The number of amides is 1. The first-order chi connectivity index (χ1) is 15.4. The Labute approximate surface area is 188 Å². The predicted molar refractivity (Wildman–Crippen MR) is 123 cm³/mol. The Balaban J connectivity index is 2.13. The molecule has 3 rings (SSSR count). The summed E-state index contributed by atoms with van der Waals surface area (Å²) < 4.78 is 12.7. The molecule has 2 aromatic heterocycles. The zero-order valence-corrected chi connectivity index (χ0v) is 19.3. The molecule has 0 aromatic carbocycles. The highest BCUT2D eigenvalue weighted by atomic mass is 16.5. The van der Waals surface area contributed by atoms with Gasteiger partial charge >= 0.3 is 5.97 Å². The summed E-state index contributed by atoms with van der Waals surface area (Å²) in [5, 5.41) is 16.1. The number of rotatable bonds is 10. The van der Waals surface area contributed by atoms with Gasteiger partial charge in [0.15, 0.2) is 5.69 Å². The van der Waals surface area contributed by atoms with Crippen molar-refractivity contribution in [2.75, 3.05) is 31.0 Å². The number of aliphatic hydroxyl groups is 1. The van der Waals surface area contributed by atoms with Crippen molar-refractivity contribution in [1.82, 2.24) is 9.55 Å². The van der Waals surface area contributed by atoms with Crippen molar-refractivity contribution in [3.63, 3.8) is 0 Å². The summed E-state index contributed by atoms with van der Waals surface area (Å²) in [5.41, 5.74) is 1.99. The van der Waals surface area contributed by atoms with Gasteiger partial charge in [-0.2, -0.15) is 0 Å². The Morgan fingerprint density at radius 2 is 2.19 bits per heavy atom. The fraction of sp³-hybridized carbons (Fsp3) is 0.609. The molecule has 0 aliphatic carbocycles. The molecule has 32 heavy (non-hydrogen) atoms. The van der Waals surface area contributed by atoms with E-state index in [0.29, 0.717) is 42.7 Å². The molecule has 0 unspecified atom stereocenters. The third kappa shape index (κ3) is 5.21. The van der Waals surface area contributed by atoms with Crippen LogP contribution in [0.2, 0.25) is 0 Å². The average Bonchev–Trinajstić information content (AvgIpc) is 3.39. The lowest BCUT2D eigenvalue weighted by molar-refractivity contribution is -0.119. The van der Waals surface area contributed by atoms with Crippen LogP contribution in [0.25, 0.3) is 11.0 Å². The van der Waals surface area contributed by atoms with E-state index in [-0.39, 0.29) is 36.3 Å². The molecule has 0 saturated carbocycles. The number of fused-ring (bicyclic) bond motifs is 1. The van der Waals surface area contributed by atoms with Gasteiger partial charge in [0.1, 0.15) is 5.65 Å². The molecule has 1 amide bonds. The molecular formula is C23H34N4O5. The third-order valence-electron chi connectivity index (χ3n) is 5.97. The van der Waals surface area contributed by atoms with Gasteiger partial charge in [-0.15, -0.1) is 0 Å². The number of methoxy groups -OCH3 is 1. The molecule has 176 valence electrons. The first-order valence-electron chi connectivity index (χ1n) is 11.3. The number of anilines is 2. The normalized spacial score (nSPS) is 17.8. The van der Waals surface area contributed by atoms with Crippen molar-refractivity contribution in [1.29, 1.82) is 0 Å². The van der Waals surface area contributed by atoms with Crippen LogP contribution in [0.5, 0.6) is 0 Å². The molecule has 3 N–H and O–H groups in total. The second-order valence-electron chi connectivity index (χ2n) is 8.41. The number of hydrogen-bond acceptors (Lipinski definition) is 7. The highest BCUT2D eigenvalue weighted by Crippen LogP contribution is 2.34. The lowest BCUT2D eigenvalue weighted by Crippen LogP contribution is -2.23. The summed E-state index contributed by atoms with van der Waals surface area (Å²) in [6.07, 6.45) is 4.80. The highest BCUT2D eigenvalue weighted by molar-refractivity contribution is 6.11. The molecule has 1 aliphatic rings. The van der Waals surface area contributed by atoms with E-state index < -0.39 is 5.97 Å². The van der Waals surface area contributed by atoms with Crippen molar-refractivity contribution < 1.29 is 24.2 Å². The average molecular weight is 447 g/mol. The molecule has 1 saturated heterocycles. The molecule has 9 heteroatoms. The molecular weight excluding hydrogens is 412 g/mol. The molecule has 1 fully saturated rings. The van der Waals surface area contributed by atoms with Crippen LogP contribution in [0.1, 0.15) is 56.9 Å². The monoisotopic (exact) mass is 446 g/mol. The summed E-state index contributed by atoms with van der Waals surface area (Å²) in [6, 6.07) is 1.91. The fourth-order valence-corrected chi connectivity index (χ4v) is 3.89. The minimum absolute atomic E-state index is 0.0312. The van der Waals surface area contributed by atoms with E-state index in [1.807, 2.05) is 26.8 Å². The van der Waals surface area contributed by atoms with Gasteiger partial charge in [0, 0.05) is 30.6 Å². The van der Waals surface area contributed by atoms with Gasteiger partial charge in [-0.1, -0.05) is 13.8 Å². The zero-order valence-electron chi connectivity index (χ0n) is 19.3. The van der Waals surface area contributed by atoms with Crippen molar-refractivity contribution in [2.24, 2.45) is 5.92 Å². The number of aromatic nitrogens is 2. The largest absolute Gasteiger partial charge is 0.464 e. The number of esters is 1. The molecule has 0 radical (unpaired) electrons. The van der Waals surface area contributed by atoms with Gasteiger partial charge in [-0.05, 0) is 38.7 Å². The fourth-order valence-electron chi connectivity index (χ4n) is 3.89. The SMILES string of the molecule is CC[C@@H](C)C(=O)Nc1c(C(=O)OC)n(C[C@@H]2CCCO2)c2ncc(N[C@@H](C)CCO)cc12. The van der Waals surface area contributed by atoms with E-state index in [0.717, 1.165) is 18.5 Å². The van der Waals surface area contributed by atoms with E-state index in [1.165, 1.54) is 7.11 Å². The zero-order chi connectivity index (χ0) is 23.3. The topological polar surface area (TPSA) is 115 Å². The van der Waals surface area contributed by atoms with Gasteiger partial charge in [0.05, 0.1) is 37.3 Å². The van der Waals surface area contributed by atoms with Gasteiger partial charge < -0.3 is 29.8 Å². The van der Waals surface area contributed by atoms with Crippen molar-refractivity contribution in [3.8, 4) is 0 Å². The maximum absolute atomic E-state index is 12.9. The number of nitrogens with one attached hydrogen (secondary N) is 2. The minimum Gasteiger partial charge on any atom is -0.464 e. The molecule has 3 atom stereocenters. The Morgan fingerprint density at radius 3 is 2.81 bits per heavy atom. The Hall–Kier alpha value is -2.65. The number of nitrogens with zero attached hydrogens (tertiary/aromatic N) is 2. The van der Waals surface area contributed by atoms with Crippen LogP contribution in [-0.4, -0.2) is 59.0 Å². The van der Waals surface area contributed by atoms with E-state index in [1.54, 1.807) is 10.8 Å². The number of carbonyl (C=O) groups excluding carboxylic acids is 2. The molecule has 3 heterocycles.